The first-order chi connectivity index (χ1) is 13.3. The fraction of sp³-hybridized carbons (Fsp3) is 0.136. The Bertz CT molecular complexity index is 979. The summed E-state index contributed by atoms with van der Waals surface area (Å²) in [5.74, 6) is 0.615. The van der Waals surface area contributed by atoms with E-state index in [1.165, 1.54) is 0 Å². The summed E-state index contributed by atoms with van der Waals surface area (Å²) in [4.78, 5) is 14.0. The van der Waals surface area contributed by atoms with Gasteiger partial charge in [0.1, 0.15) is 0 Å². The summed E-state index contributed by atoms with van der Waals surface area (Å²) in [7, 11) is 0. The summed E-state index contributed by atoms with van der Waals surface area (Å²) in [6.45, 7) is -1.27. The number of para-hydroxylation sites is 1. The molecule has 27 heavy (non-hydrogen) atoms. The largest absolute Gasteiger partial charge is 0.626 e. The van der Waals surface area contributed by atoms with Crippen molar-refractivity contribution in [1.29, 1.82) is 0 Å². The van der Waals surface area contributed by atoms with Crippen LogP contribution in [0.2, 0.25) is 0 Å². The van der Waals surface area contributed by atoms with E-state index in [4.69, 9.17) is 9.31 Å². The minimum absolute atomic E-state index is 0.189. The number of rotatable bonds is 3. The Kier molecular flexibility index (Phi) is 3.76. The SMILES string of the molecule is O=C1O[B-]2(c3ccccc3)Oc3ccccc3C[NH+]2[C@H]1Cc1ccccc1. The maximum Gasteiger partial charge on any atom is 0.611 e. The second kappa shape index (κ2) is 6.29. The molecule has 0 aromatic heterocycles. The summed E-state index contributed by atoms with van der Waals surface area (Å²) in [6.07, 6.45) is 0.636. The van der Waals surface area contributed by atoms with E-state index in [0.29, 0.717) is 13.0 Å². The Hall–Kier alpha value is -3.05. The maximum atomic E-state index is 13.0. The number of carbonyl (C=O) groups excluding carboxylic acids is 1. The van der Waals surface area contributed by atoms with Gasteiger partial charge in [-0.05, 0) is 17.7 Å². The molecule has 0 aliphatic carbocycles. The number of nitrogens with one attached hydrogen (secondary N) is 1. The van der Waals surface area contributed by atoms with Gasteiger partial charge in [0.2, 0.25) is 0 Å². The summed E-state index contributed by atoms with van der Waals surface area (Å²) < 4.78 is 12.5. The molecule has 3 aromatic rings. The van der Waals surface area contributed by atoms with E-state index in [2.05, 4.69) is 18.2 Å². The lowest BCUT2D eigenvalue weighted by Crippen LogP contribution is -3.27. The minimum atomic E-state index is -1.97. The van der Waals surface area contributed by atoms with Gasteiger partial charge in [-0.1, -0.05) is 78.3 Å². The van der Waals surface area contributed by atoms with Crippen LogP contribution in [0.15, 0.2) is 84.9 Å². The molecule has 134 valence electrons. The highest BCUT2D eigenvalue weighted by Gasteiger charge is 2.61. The third-order valence-corrected chi connectivity index (χ3v) is 5.68. The lowest BCUT2D eigenvalue weighted by atomic mass is 9.60. The van der Waals surface area contributed by atoms with Gasteiger partial charge in [-0.2, -0.15) is 0 Å². The fourth-order valence-electron chi connectivity index (χ4n) is 4.38. The number of quaternary nitrogens is 1. The lowest BCUT2D eigenvalue weighted by Gasteiger charge is -2.44. The Morgan fingerprint density at radius 2 is 1.52 bits per heavy atom. The van der Waals surface area contributed by atoms with Crippen LogP contribution in [0.25, 0.3) is 0 Å². The van der Waals surface area contributed by atoms with Crippen molar-refractivity contribution in [3.05, 3.63) is 96.1 Å². The maximum absolute atomic E-state index is 13.0. The second-order valence-corrected chi connectivity index (χ2v) is 7.28. The highest BCUT2D eigenvalue weighted by atomic mass is 16.7. The van der Waals surface area contributed by atoms with Gasteiger partial charge in [0, 0.05) is 12.0 Å². The molecule has 2 heterocycles. The molecule has 1 fully saturated rings. The molecule has 3 atom stereocenters. The van der Waals surface area contributed by atoms with Gasteiger partial charge in [-0.15, -0.1) is 0 Å². The monoisotopic (exact) mass is 357 g/mol. The predicted octanol–water partition coefficient (Wildman–Crippen LogP) is 1.48. The third-order valence-electron chi connectivity index (χ3n) is 5.68. The van der Waals surface area contributed by atoms with E-state index in [9.17, 15) is 4.79 Å². The standard InChI is InChI=1S/C22H20BNO3/c25-22-20(15-17-9-3-1-4-10-17)24-16-18-11-7-8-14-21(18)26-23(24,27-22)19-12-5-2-6-13-19/h1-14,20,24H,15-16H2/t20-,23?/m0/s1. The van der Waals surface area contributed by atoms with Gasteiger partial charge in [0.05, 0.1) is 12.3 Å². The molecule has 0 saturated carbocycles. The zero-order valence-corrected chi connectivity index (χ0v) is 14.9. The van der Waals surface area contributed by atoms with Crippen molar-refractivity contribution < 1.29 is 18.9 Å². The number of benzene rings is 3. The predicted molar refractivity (Wildman–Crippen MR) is 104 cm³/mol. The van der Waals surface area contributed by atoms with Crippen LogP contribution in [0.4, 0.5) is 0 Å². The molecule has 2 unspecified atom stereocenters. The number of fused-ring (bicyclic) bond motifs is 2. The molecular formula is C22H20BNO3. The van der Waals surface area contributed by atoms with Crippen LogP contribution in [0.1, 0.15) is 11.1 Å². The summed E-state index contributed by atoms with van der Waals surface area (Å²) in [5, 5.41) is 0. The Balaban J connectivity index is 1.60. The minimum Gasteiger partial charge on any atom is -0.626 e. The van der Waals surface area contributed by atoms with E-state index in [-0.39, 0.29) is 12.0 Å². The molecule has 0 radical (unpaired) electrons. The van der Waals surface area contributed by atoms with E-state index in [1.54, 1.807) is 0 Å². The molecule has 5 heteroatoms. The quantitative estimate of drug-likeness (QED) is 0.722. The van der Waals surface area contributed by atoms with Crippen LogP contribution < -0.4 is 14.9 Å². The molecular weight excluding hydrogens is 337 g/mol. The second-order valence-electron chi connectivity index (χ2n) is 7.28. The van der Waals surface area contributed by atoms with Crippen LogP contribution in [-0.2, 0) is 22.4 Å². The zero-order valence-electron chi connectivity index (χ0n) is 14.9. The summed E-state index contributed by atoms with van der Waals surface area (Å²) in [6, 6.07) is 27.7. The molecule has 0 spiro atoms. The van der Waals surface area contributed by atoms with Crippen molar-refractivity contribution >= 4 is 18.1 Å². The zero-order chi connectivity index (χ0) is 18.3. The molecule has 2 aliphatic heterocycles. The van der Waals surface area contributed by atoms with Crippen LogP contribution in [0.5, 0.6) is 5.75 Å². The van der Waals surface area contributed by atoms with Crippen molar-refractivity contribution in [2.75, 3.05) is 0 Å². The van der Waals surface area contributed by atoms with Gasteiger partial charge < -0.3 is 14.1 Å². The highest BCUT2D eigenvalue weighted by molar-refractivity contribution is 6.76. The van der Waals surface area contributed by atoms with Crippen molar-refractivity contribution in [1.82, 2.24) is 0 Å². The number of carbonyl (C=O) groups is 1. The average Bonchev–Trinajstić information content (AvgIpc) is 2.99. The summed E-state index contributed by atoms with van der Waals surface area (Å²) in [5.41, 5.74) is 3.16. The lowest BCUT2D eigenvalue weighted by molar-refractivity contribution is -0.835. The van der Waals surface area contributed by atoms with E-state index < -0.39 is 6.69 Å². The van der Waals surface area contributed by atoms with E-state index in [1.807, 2.05) is 66.7 Å². The molecule has 0 amide bonds. The van der Waals surface area contributed by atoms with Gasteiger partial charge in [-0.25, -0.2) is 4.79 Å². The first-order valence-corrected chi connectivity index (χ1v) is 9.36. The molecule has 0 bridgehead atoms. The van der Waals surface area contributed by atoms with E-state index >= 15 is 0 Å². The smallest absolute Gasteiger partial charge is 0.611 e. The van der Waals surface area contributed by atoms with Gasteiger partial charge in [-0.3, -0.25) is 0 Å². The first-order valence-electron chi connectivity index (χ1n) is 9.36. The van der Waals surface area contributed by atoms with Crippen LogP contribution >= 0.6 is 0 Å². The summed E-state index contributed by atoms with van der Waals surface area (Å²) >= 11 is 0. The van der Waals surface area contributed by atoms with Crippen LogP contribution in [-0.4, -0.2) is 18.7 Å². The first kappa shape index (κ1) is 16.2. The normalized spacial score (nSPS) is 25.9. The molecule has 2 aliphatic rings. The Morgan fingerprint density at radius 1 is 0.852 bits per heavy atom. The van der Waals surface area contributed by atoms with Gasteiger partial charge in [0.15, 0.2) is 6.04 Å². The van der Waals surface area contributed by atoms with Crippen molar-refractivity contribution in [2.24, 2.45) is 0 Å². The van der Waals surface area contributed by atoms with Crippen molar-refractivity contribution in [2.45, 2.75) is 19.0 Å². The topological polar surface area (TPSA) is 40.0 Å². The molecule has 3 aromatic carbocycles. The van der Waals surface area contributed by atoms with E-state index in [0.717, 1.165) is 27.2 Å². The van der Waals surface area contributed by atoms with Crippen molar-refractivity contribution in [3.8, 4) is 5.75 Å². The molecule has 5 rings (SSSR count). The highest BCUT2D eigenvalue weighted by Crippen LogP contribution is 2.27. The molecule has 1 N–H and O–H groups in total. The number of hydrogen-bond donors (Lipinski definition) is 1. The van der Waals surface area contributed by atoms with Gasteiger partial charge in [0.25, 0.3) is 0 Å². The number of hydrogen-bond acceptors (Lipinski definition) is 3. The van der Waals surface area contributed by atoms with Crippen molar-refractivity contribution in [3.63, 3.8) is 0 Å². The van der Waals surface area contributed by atoms with Crippen LogP contribution in [0, 0.1) is 0 Å². The Labute approximate surface area is 158 Å². The molecule has 1 saturated heterocycles. The third kappa shape index (κ3) is 2.63. The average molecular weight is 357 g/mol. The molecule has 4 nitrogen and oxygen atoms in total. The Morgan fingerprint density at radius 3 is 2.30 bits per heavy atom. The van der Waals surface area contributed by atoms with Gasteiger partial charge >= 0.3 is 12.7 Å². The van der Waals surface area contributed by atoms with Crippen LogP contribution in [0.3, 0.4) is 0 Å². The fourth-order valence-corrected chi connectivity index (χ4v) is 4.38.